The molecule has 0 fully saturated rings. The Hall–Kier alpha value is -1.81. The summed E-state index contributed by atoms with van der Waals surface area (Å²) < 4.78 is 41.4. The van der Waals surface area contributed by atoms with E-state index in [-0.39, 0.29) is 28.3 Å². The zero-order valence-electron chi connectivity index (χ0n) is 14.5. The highest BCUT2D eigenvalue weighted by Crippen LogP contribution is 2.37. The van der Waals surface area contributed by atoms with Crippen LogP contribution in [0.5, 0.6) is 5.75 Å². The van der Waals surface area contributed by atoms with Gasteiger partial charge in [-0.1, -0.05) is 32.4 Å². The number of Topliss-reactive ketones (excluding diaryl/α,β-unsaturated/α-hetero) is 1. The van der Waals surface area contributed by atoms with Gasteiger partial charge in [0.25, 0.3) is 0 Å². The van der Waals surface area contributed by atoms with E-state index in [1.165, 1.54) is 0 Å². The van der Waals surface area contributed by atoms with E-state index < -0.39 is 24.0 Å². The summed E-state index contributed by atoms with van der Waals surface area (Å²) in [6.07, 6.45) is -3.09. The van der Waals surface area contributed by atoms with Gasteiger partial charge in [-0.15, -0.1) is 0 Å². The van der Waals surface area contributed by atoms with Gasteiger partial charge in [-0.05, 0) is 18.8 Å². The number of aromatic nitrogens is 1. The van der Waals surface area contributed by atoms with E-state index in [1.807, 2.05) is 20.8 Å². The molecule has 1 unspecified atom stereocenters. The topological polar surface area (TPSA) is 63.0 Å². The SMILES string of the molecule is CC(C)(C)CC(C)(C#N)CC(=O)c1cc(OCC(F)(F)F)c(Cl)cn1. The second kappa shape index (κ2) is 7.61. The highest BCUT2D eigenvalue weighted by Gasteiger charge is 2.33. The minimum atomic E-state index is -4.52. The van der Waals surface area contributed by atoms with E-state index in [4.69, 9.17) is 11.6 Å². The number of halogens is 4. The molecule has 0 N–H and O–H groups in total. The number of hydrogen-bond donors (Lipinski definition) is 0. The molecule has 25 heavy (non-hydrogen) atoms. The van der Waals surface area contributed by atoms with Gasteiger partial charge < -0.3 is 4.74 Å². The molecule has 1 aromatic rings. The molecular weight excluding hydrogens is 357 g/mol. The summed E-state index contributed by atoms with van der Waals surface area (Å²) in [5.41, 5.74) is -1.17. The number of nitrogens with zero attached hydrogens (tertiary/aromatic N) is 2. The van der Waals surface area contributed by atoms with Crippen LogP contribution in [0.15, 0.2) is 12.3 Å². The second-order valence-corrected chi connectivity index (χ2v) is 7.82. The molecule has 0 radical (unpaired) electrons. The lowest BCUT2D eigenvalue weighted by atomic mass is 9.73. The maximum atomic E-state index is 12.4. The Kier molecular flexibility index (Phi) is 6.46. The molecule has 4 nitrogen and oxygen atoms in total. The lowest BCUT2D eigenvalue weighted by molar-refractivity contribution is -0.153. The smallest absolute Gasteiger partial charge is 0.422 e. The predicted octanol–water partition coefficient (Wildman–Crippen LogP) is 5.21. The lowest BCUT2D eigenvalue weighted by Gasteiger charge is -2.29. The van der Waals surface area contributed by atoms with Gasteiger partial charge in [0.2, 0.25) is 0 Å². The average molecular weight is 377 g/mol. The van der Waals surface area contributed by atoms with Gasteiger partial charge in [0.15, 0.2) is 12.4 Å². The number of carbonyl (C=O) groups is 1. The zero-order chi connectivity index (χ0) is 19.5. The summed E-state index contributed by atoms with van der Waals surface area (Å²) >= 11 is 5.76. The molecule has 0 bridgehead atoms. The third-order valence-electron chi connectivity index (χ3n) is 3.24. The number of alkyl halides is 3. The van der Waals surface area contributed by atoms with E-state index >= 15 is 0 Å². The Morgan fingerprint density at radius 1 is 1.32 bits per heavy atom. The molecule has 1 heterocycles. The van der Waals surface area contributed by atoms with Crippen LogP contribution >= 0.6 is 11.6 Å². The normalized spacial score (nSPS) is 14.5. The summed E-state index contributed by atoms with van der Waals surface area (Å²) in [5, 5.41) is 9.30. The van der Waals surface area contributed by atoms with E-state index in [1.54, 1.807) is 6.92 Å². The van der Waals surface area contributed by atoms with Crippen LogP contribution in [-0.4, -0.2) is 23.6 Å². The van der Waals surface area contributed by atoms with Crippen molar-refractivity contribution in [1.82, 2.24) is 4.98 Å². The van der Waals surface area contributed by atoms with Gasteiger partial charge in [0.05, 0.1) is 17.7 Å². The number of pyridine rings is 1. The van der Waals surface area contributed by atoms with Crippen LogP contribution in [0.4, 0.5) is 13.2 Å². The van der Waals surface area contributed by atoms with Crippen molar-refractivity contribution >= 4 is 17.4 Å². The van der Waals surface area contributed by atoms with Crippen LogP contribution in [0.1, 0.15) is 51.0 Å². The number of hydrogen-bond acceptors (Lipinski definition) is 4. The van der Waals surface area contributed by atoms with Crippen molar-refractivity contribution in [2.45, 2.75) is 46.7 Å². The van der Waals surface area contributed by atoms with Gasteiger partial charge in [0, 0.05) is 12.5 Å². The fraction of sp³-hybridized carbons (Fsp3) is 0.588. The van der Waals surface area contributed by atoms with E-state index in [9.17, 15) is 23.2 Å². The molecule has 0 aliphatic heterocycles. The van der Waals surface area contributed by atoms with Crippen molar-refractivity contribution in [2.75, 3.05) is 6.61 Å². The Labute approximate surface area is 149 Å². The minimum absolute atomic E-state index is 0.0861. The van der Waals surface area contributed by atoms with Crippen LogP contribution in [-0.2, 0) is 0 Å². The molecule has 138 valence electrons. The van der Waals surface area contributed by atoms with Crippen LogP contribution in [0.25, 0.3) is 0 Å². The number of ketones is 1. The van der Waals surface area contributed by atoms with E-state index in [0.717, 1.165) is 12.3 Å². The molecule has 1 atom stereocenters. The quantitative estimate of drug-likeness (QED) is 0.639. The van der Waals surface area contributed by atoms with Crippen LogP contribution in [0.3, 0.4) is 0 Å². The Morgan fingerprint density at radius 2 is 1.92 bits per heavy atom. The third-order valence-corrected chi connectivity index (χ3v) is 3.52. The molecule has 0 saturated heterocycles. The number of carbonyl (C=O) groups excluding carboxylic acids is 1. The van der Waals surface area contributed by atoms with Crippen molar-refractivity contribution in [3.05, 3.63) is 23.0 Å². The number of rotatable bonds is 6. The first kappa shape index (κ1) is 21.2. The van der Waals surface area contributed by atoms with E-state index in [2.05, 4.69) is 15.8 Å². The molecule has 0 amide bonds. The Morgan fingerprint density at radius 3 is 2.40 bits per heavy atom. The van der Waals surface area contributed by atoms with Crippen molar-refractivity contribution < 1.29 is 22.7 Å². The van der Waals surface area contributed by atoms with Crippen LogP contribution in [0.2, 0.25) is 5.02 Å². The van der Waals surface area contributed by atoms with Crippen molar-refractivity contribution in [3.8, 4) is 11.8 Å². The van der Waals surface area contributed by atoms with E-state index in [0.29, 0.717) is 6.42 Å². The van der Waals surface area contributed by atoms with Gasteiger partial charge in [-0.2, -0.15) is 18.4 Å². The first-order valence-electron chi connectivity index (χ1n) is 7.54. The summed E-state index contributed by atoms with van der Waals surface area (Å²) in [6, 6.07) is 3.23. The first-order valence-corrected chi connectivity index (χ1v) is 7.92. The monoisotopic (exact) mass is 376 g/mol. The van der Waals surface area contributed by atoms with Crippen LogP contribution in [0, 0.1) is 22.2 Å². The maximum Gasteiger partial charge on any atom is 0.422 e. The molecular formula is C17H20ClF3N2O2. The second-order valence-electron chi connectivity index (χ2n) is 7.41. The number of ether oxygens (including phenoxy) is 1. The van der Waals surface area contributed by atoms with Crippen molar-refractivity contribution in [2.24, 2.45) is 10.8 Å². The summed E-state index contributed by atoms with van der Waals surface area (Å²) in [4.78, 5) is 16.3. The Bertz CT molecular complexity index is 678. The fourth-order valence-electron chi connectivity index (χ4n) is 2.60. The minimum Gasteiger partial charge on any atom is -0.482 e. The van der Waals surface area contributed by atoms with Gasteiger partial charge in [-0.25, -0.2) is 0 Å². The molecule has 1 aromatic heterocycles. The highest BCUT2D eigenvalue weighted by atomic mass is 35.5. The zero-order valence-corrected chi connectivity index (χ0v) is 15.3. The molecule has 1 rings (SSSR count). The average Bonchev–Trinajstić information content (AvgIpc) is 2.43. The first-order chi connectivity index (χ1) is 11.2. The Balaban J connectivity index is 2.97. The van der Waals surface area contributed by atoms with Crippen molar-refractivity contribution in [1.29, 1.82) is 5.26 Å². The lowest BCUT2D eigenvalue weighted by Crippen LogP contribution is -2.26. The highest BCUT2D eigenvalue weighted by molar-refractivity contribution is 6.32. The fourth-order valence-corrected chi connectivity index (χ4v) is 2.76. The van der Waals surface area contributed by atoms with Crippen LogP contribution < -0.4 is 4.74 Å². The molecule has 0 aliphatic rings. The largest absolute Gasteiger partial charge is 0.482 e. The standard InChI is InChI=1S/C17H20ClF3N2O2/c1-15(2,3)8-16(4,9-22)6-13(24)12-5-14(11(18)7-23-12)25-10-17(19,20)21/h5,7H,6,8,10H2,1-4H3. The maximum absolute atomic E-state index is 12.4. The number of nitriles is 1. The molecule has 0 aromatic carbocycles. The van der Waals surface area contributed by atoms with Gasteiger partial charge in [0.1, 0.15) is 16.5 Å². The van der Waals surface area contributed by atoms with Gasteiger partial charge >= 0.3 is 6.18 Å². The molecule has 0 spiro atoms. The van der Waals surface area contributed by atoms with Gasteiger partial charge in [-0.3, -0.25) is 9.78 Å². The molecule has 0 aliphatic carbocycles. The summed E-state index contributed by atoms with van der Waals surface area (Å²) in [6.45, 7) is 6.02. The molecule has 8 heteroatoms. The summed E-state index contributed by atoms with van der Waals surface area (Å²) in [5.74, 6) is -0.728. The van der Waals surface area contributed by atoms with Crippen molar-refractivity contribution in [3.63, 3.8) is 0 Å². The summed E-state index contributed by atoms with van der Waals surface area (Å²) in [7, 11) is 0. The third kappa shape index (κ3) is 7.30. The predicted molar refractivity (Wildman–Crippen MR) is 87.5 cm³/mol. The molecule has 0 saturated carbocycles.